The van der Waals surface area contributed by atoms with Crippen molar-refractivity contribution in [2.75, 3.05) is 7.05 Å². The van der Waals surface area contributed by atoms with Crippen LogP contribution in [0.25, 0.3) is 71.3 Å². The van der Waals surface area contributed by atoms with Gasteiger partial charge in [-0.2, -0.15) is 0 Å². The van der Waals surface area contributed by atoms with Crippen LogP contribution in [0.3, 0.4) is 0 Å². The molecule has 4 aromatic carbocycles. The summed E-state index contributed by atoms with van der Waals surface area (Å²) in [4.78, 5) is 4.36. The van der Waals surface area contributed by atoms with Crippen LogP contribution in [0.15, 0.2) is 128 Å². The van der Waals surface area contributed by atoms with Crippen LogP contribution >= 0.6 is 0 Å². The first-order valence-electron chi connectivity index (χ1n) is 14.0. The topological polar surface area (TPSA) is 34.3 Å². The monoisotopic (exact) mass is 528 g/mol. The first-order valence-corrected chi connectivity index (χ1v) is 14.0. The number of rotatable bonds is 4. The molecule has 8 rings (SSSR count). The average Bonchev–Trinajstić information content (AvgIpc) is 3.59. The van der Waals surface area contributed by atoms with E-state index in [2.05, 4.69) is 135 Å². The molecule has 0 radical (unpaired) electrons. The Morgan fingerprint density at radius 3 is 2.20 bits per heavy atom. The molecule has 4 nitrogen and oxygen atoms in total. The number of nitrogens with one attached hydrogen (secondary N) is 1. The average molecular weight is 529 g/mol. The van der Waals surface area contributed by atoms with E-state index in [9.17, 15) is 0 Å². The molecule has 0 aliphatic heterocycles. The predicted molar refractivity (Wildman–Crippen MR) is 174 cm³/mol. The summed E-state index contributed by atoms with van der Waals surface area (Å²) in [7, 11) is 2.00. The third kappa shape index (κ3) is 3.37. The van der Waals surface area contributed by atoms with Crippen LogP contribution in [0, 0.1) is 0 Å². The minimum atomic E-state index is 1.00. The smallest absolute Gasteiger partial charge is 0.111 e. The van der Waals surface area contributed by atoms with Crippen molar-refractivity contribution < 1.29 is 0 Å². The van der Waals surface area contributed by atoms with Crippen LogP contribution < -0.4 is 5.32 Å². The molecule has 1 N–H and O–H groups in total. The lowest BCUT2D eigenvalue weighted by Gasteiger charge is -2.15. The quantitative estimate of drug-likeness (QED) is 0.183. The Hall–Kier alpha value is -5.35. The van der Waals surface area contributed by atoms with Crippen LogP contribution in [-0.4, -0.2) is 21.0 Å². The van der Waals surface area contributed by atoms with Gasteiger partial charge in [0.05, 0.1) is 27.6 Å². The highest BCUT2D eigenvalue weighted by Gasteiger charge is 2.20. The molecule has 0 bridgehead atoms. The lowest BCUT2D eigenvalue weighted by Crippen LogP contribution is -2.12. The molecule has 0 saturated heterocycles. The van der Waals surface area contributed by atoms with E-state index >= 15 is 0 Å². The first kappa shape index (κ1) is 23.5. The first-order chi connectivity index (χ1) is 20.3. The maximum atomic E-state index is 4.36. The van der Waals surface area contributed by atoms with Crippen LogP contribution in [0.4, 0.5) is 0 Å². The Morgan fingerprint density at radius 2 is 1.41 bits per heavy atom. The third-order valence-electron chi connectivity index (χ3n) is 8.34. The maximum Gasteiger partial charge on any atom is 0.111 e. The second-order valence-corrected chi connectivity index (χ2v) is 10.4. The van der Waals surface area contributed by atoms with Gasteiger partial charge in [-0.3, -0.25) is 9.55 Å². The van der Waals surface area contributed by atoms with Crippen LogP contribution in [0.2, 0.25) is 0 Å². The molecule has 8 aromatic rings. The molecule has 0 spiro atoms. The number of benzene rings is 4. The van der Waals surface area contributed by atoms with Gasteiger partial charge in [0, 0.05) is 46.4 Å². The van der Waals surface area contributed by atoms with Crippen LogP contribution in [-0.2, 0) is 0 Å². The second kappa shape index (κ2) is 9.10. The van der Waals surface area contributed by atoms with Gasteiger partial charge < -0.3 is 9.72 Å². The fraction of sp³-hybridized carbons (Fsp3) is 0.0541. The molecule has 0 fully saturated rings. The molecule has 0 amide bonds. The van der Waals surface area contributed by atoms with Crippen molar-refractivity contribution in [2.45, 2.75) is 6.92 Å². The Morgan fingerprint density at radius 1 is 0.683 bits per heavy atom. The number of allylic oxidation sites excluding steroid dienone is 3. The van der Waals surface area contributed by atoms with Crippen molar-refractivity contribution in [3.63, 3.8) is 0 Å². The van der Waals surface area contributed by atoms with Gasteiger partial charge in [0.2, 0.25) is 0 Å². The van der Waals surface area contributed by atoms with Gasteiger partial charge in [-0.25, -0.2) is 0 Å². The van der Waals surface area contributed by atoms with Crippen LogP contribution in [0.5, 0.6) is 0 Å². The Labute approximate surface area is 237 Å². The van der Waals surface area contributed by atoms with Gasteiger partial charge in [-0.15, -0.1) is 0 Å². The summed E-state index contributed by atoms with van der Waals surface area (Å²) >= 11 is 0. The van der Waals surface area contributed by atoms with E-state index < -0.39 is 0 Å². The number of aromatic nitrogens is 3. The molecule has 0 saturated carbocycles. The van der Waals surface area contributed by atoms with Gasteiger partial charge in [0.1, 0.15) is 5.82 Å². The van der Waals surface area contributed by atoms with Crippen molar-refractivity contribution in [2.24, 2.45) is 0 Å². The number of pyridine rings is 2. The molecule has 0 aliphatic carbocycles. The fourth-order valence-corrected chi connectivity index (χ4v) is 6.57. The molecule has 4 heteroatoms. The highest BCUT2D eigenvalue weighted by molar-refractivity contribution is 6.30. The van der Waals surface area contributed by atoms with Crippen molar-refractivity contribution in [1.82, 2.24) is 19.3 Å². The number of para-hydroxylation sites is 3. The summed E-state index contributed by atoms with van der Waals surface area (Å²) in [6.07, 6.45) is 8.08. The zero-order valence-corrected chi connectivity index (χ0v) is 23.0. The van der Waals surface area contributed by atoms with Gasteiger partial charge in [0.15, 0.2) is 0 Å². The van der Waals surface area contributed by atoms with Crippen molar-refractivity contribution in [3.05, 3.63) is 133 Å². The predicted octanol–water partition coefficient (Wildman–Crippen LogP) is 9.02. The third-order valence-corrected chi connectivity index (χ3v) is 8.34. The van der Waals surface area contributed by atoms with Gasteiger partial charge in [-0.05, 0) is 65.9 Å². The molecule has 4 heterocycles. The second-order valence-electron chi connectivity index (χ2n) is 10.4. The Kier molecular flexibility index (Phi) is 5.22. The summed E-state index contributed by atoms with van der Waals surface area (Å²) < 4.78 is 4.80. The molecule has 0 atom stereocenters. The summed E-state index contributed by atoms with van der Waals surface area (Å²) in [5.41, 5.74) is 8.22. The normalized spacial score (nSPS) is 12.9. The molecule has 0 unspecified atom stereocenters. The van der Waals surface area contributed by atoms with Gasteiger partial charge >= 0.3 is 0 Å². The Balaban J connectivity index is 1.56. The van der Waals surface area contributed by atoms with Crippen molar-refractivity contribution in [3.8, 4) is 0 Å². The lowest BCUT2D eigenvalue weighted by atomic mass is 10.00. The zero-order chi connectivity index (χ0) is 27.5. The standard InChI is InChI=1S/C37H28N4/c1-3-24(26-12-10-20-39-23-26)22-35(38-2)41-32-17-9-6-14-29(32)37-33(41)19-18-28-27-13-5-8-16-31(27)40-30-15-7-4-11-25(30)21-34(40)36(28)37/h3-23,38H,1-2H3/b24-3+,35-22+. The number of hydrogen-bond acceptors (Lipinski definition) is 2. The summed E-state index contributed by atoms with van der Waals surface area (Å²) in [5, 5.41) is 11.1. The highest BCUT2D eigenvalue weighted by Crippen LogP contribution is 2.42. The molecular weight excluding hydrogens is 500 g/mol. The van der Waals surface area contributed by atoms with Gasteiger partial charge in [0.25, 0.3) is 0 Å². The number of hydrogen-bond donors (Lipinski definition) is 1. The summed E-state index contributed by atoms with van der Waals surface area (Å²) in [6, 6.07) is 37.2. The number of fused-ring (bicyclic) bond motifs is 12. The van der Waals surface area contributed by atoms with E-state index in [1.807, 2.05) is 25.5 Å². The van der Waals surface area contributed by atoms with Crippen molar-refractivity contribution in [1.29, 1.82) is 0 Å². The molecule has 0 aliphatic rings. The molecule has 41 heavy (non-hydrogen) atoms. The van der Waals surface area contributed by atoms with Crippen LogP contribution in [0.1, 0.15) is 12.5 Å². The van der Waals surface area contributed by atoms with E-state index in [1.165, 1.54) is 59.9 Å². The summed E-state index contributed by atoms with van der Waals surface area (Å²) in [6.45, 7) is 2.07. The van der Waals surface area contributed by atoms with E-state index in [0.29, 0.717) is 0 Å². The highest BCUT2D eigenvalue weighted by atomic mass is 15.1. The minimum absolute atomic E-state index is 1.00. The minimum Gasteiger partial charge on any atom is -0.374 e. The molecule has 4 aromatic heterocycles. The molecule has 196 valence electrons. The van der Waals surface area contributed by atoms with E-state index in [1.54, 1.807) is 0 Å². The summed E-state index contributed by atoms with van der Waals surface area (Å²) in [5.74, 6) is 1.00. The maximum absolute atomic E-state index is 4.36. The SMILES string of the molecule is C/C=C(\C=C(/NC)n1c2ccccc2c2c3c(ccc21)c1ccccc1n1c2ccccc2cc31)c1cccnc1. The number of nitrogens with zero attached hydrogens (tertiary/aromatic N) is 3. The zero-order valence-electron chi connectivity index (χ0n) is 23.0. The van der Waals surface area contributed by atoms with Gasteiger partial charge in [-0.1, -0.05) is 72.8 Å². The van der Waals surface area contributed by atoms with Crippen molar-refractivity contribution >= 4 is 71.3 Å². The van der Waals surface area contributed by atoms with E-state index in [0.717, 1.165) is 17.0 Å². The molecular formula is C37H28N4. The largest absolute Gasteiger partial charge is 0.374 e. The van der Waals surface area contributed by atoms with E-state index in [-0.39, 0.29) is 0 Å². The lowest BCUT2D eigenvalue weighted by molar-refractivity contribution is 1.01. The van der Waals surface area contributed by atoms with E-state index in [4.69, 9.17) is 0 Å². The fourth-order valence-electron chi connectivity index (χ4n) is 6.57. The Bertz CT molecular complexity index is 2350.